The second-order valence-corrected chi connectivity index (χ2v) is 6.02. The van der Waals surface area contributed by atoms with Crippen molar-refractivity contribution in [2.45, 2.75) is 13.8 Å². The molecule has 0 saturated heterocycles. The average Bonchev–Trinajstić information content (AvgIpc) is 2.93. The predicted octanol–water partition coefficient (Wildman–Crippen LogP) is 3.14. The quantitative estimate of drug-likeness (QED) is 0.794. The number of nitrogens with one attached hydrogen (secondary N) is 1. The number of hydrogen-bond acceptors (Lipinski definition) is 5. The Morgan fingerprint density at radius 2 is 2.18 bits per heavy atom. The maximum atomic E-state index is 12.4. The van der Waals surface area contributed by atoms with Crippen molar-refractivity contribution < 1.29 is 14.1 Å². The van der Waals surface area contributed by atoms with Crippen molar-refractivity contribution in [2.24, 2.45) is 0 Å². The molecule has 1 amide bonds. The number of nitrogens with zero attached hydrogens (tertiary/aromatic N) is 1. The highest BCUT2D eigenvalue weighted by Crippen LogP contribution is 2.33. The van der Waals surface area contributed by atoms with Gasteiger partial charge < -0.3 is 14.6 Å². The first-order chi connectivity index (χ1) is 10.7. The molecule has 1 N–H and O–H groups in total. The molecule has 6 heteroatoms. The molecule has 2 aromatic rings. The summed E-state index contributed by atoms with van der Waals surface area (Å²) in [5.74, 6) is 2.84. The summed E-state index contributed by atoms with van der Waals surface area (Å²) < 4.78 is 10.7. The molecule has 0 radical (unpaired) electrons. The number of carbonyl (C=O) groups is 1. The third kappa shape index (κ3) is 3.62. The minimum Gasteiger partial charge on any atom is -0.496 e. The van der Waals surface area contributed by atoms with Gasteiger partial charge in [-0.3, -0.25) is 4.79 Å². The van der Waals surface area contributed by atoms with Gasteiger partial charge in [0.2, 0.25) is 0 Å². The van der Waals surface area contributed by atoms with E-state index in [2.05, 4.69) is 17.4 Å². The van der Waals surface area contributed by atoms with Crippen molar-refractivity contribution in [3.63, 3.8) is 0 Å². The Bertz CT molecular complexity index is 640. The van der Waals surface area contributed by atoms with Gasteiger partial charge in [0.25, 0.3) is 5.91 Å². The van der Waals surface area contributed by atoms with E-state index in [1.807, 2.05) is 24.3 Å². The number of carbonyl (C=O) groups excluding carboxylic acids is 1. The van der Waals surface area contributed by atoms with Crippen molar-refractivity contribution >= 4 is 17.7 Å². The van der Waals surface area contributed by atoms with Crippen LogP contribution in [0.25, 0.3) is 11.3 Å². The number of aromatic nitrogens is 1. The van der Waals surface area contributed by atoms with Crippen LogP contribution in [0.15, 0.2) is 28.8 Å². The zero-order valence-electron chi connectivity index (χ0n) is 13.0. The third-order valence-corrected chi connectivity index (χ3v) is 4.08. The van der Waals surface area contributed by atoms with Crippen molar-refractivity contribution in [2.75, 3.05) is 25.2 Å². The van der Waals surface area contributed by atoms with Crippen LogP contribution in [-0.2, 0) is 0 Å². The largest absolute Gasteiger partial charge is 0.496 e. The van der Waals surface area contributed by atoms with Gasteiger partial charge in [-0.15, -0.1) is 0 Å². The highest BCUT2D eigenvalue weighted by atomic mass is 32.2. The molecule has 0 fully saturated rings. The number of amides is 1. The molecule has 0 aliphatic rings. The van der Waals surface area contributed by atoms with Gasteiger partial charge in [-0.25, -0.2) is 0 Å². The molecule has 1 heterocycles. The molecule has 0 bridgehead atoms. The SMILES string of the molecule is CCSCCNC(=O)c1c(C)noc1-c1ccccc1OC. The highest BCUT2D eigenvalue weighted by Gasteiger charge is 2.23. The second kappa shape index (κ2) is 7.89. The standard InChI is InChI=1S/C16H20N2O3S/c1-4-22-10-9-17-16(19)14-11(2)18-21-15(14)12-7-5-6-8-13(12)20-3/h5-8H,4,9-10H2,1-3H3,(H,17,19). The maximum absolute atomic E-state index is 12.4. The third-order valence-electron chi connectivity index (χ3n) is 3.18. The van der Waals surface area contributed by atoms with Crippen molar-refractivity contribution in [1.82, 2.24) is 10.5 Å². The zero-order chi connectivity index (χ0) is 15.9. The summed E-state index contributed by atoms with van der Waals surface area (Å²) >= 11 is 1.78. The number of rotatable bonds is 7. The smallest absolute Gasteiger partial charge is 0.257 e. The van der Waals surface area contributed by atoms with Crippen LogP contribution in [0.1, 0.15) is 23.0 Å². The van der Waals surface area contributed by atoms with Crippen LogP contribution in [0, 0.1) is 6.92 Å². The molecule has 1 aromatic heterocycles. The molecular formula is C16H20N2O3S. The molecule has 0 spiro atoms. The fourth-order valence-electron chi connectivity index (χ4n) is 2.12. The van der Waals surface area contributed by atoms with Crippen LogP contribution < -0.4 is 10.1 Å². The van der Waals surface area contributed by atoms with E-state index in [0.717, 1.165) is 17.1 Å². The molecule has 0 aliphatic heterocycles. The Labute approximate surface area is 134 Å². The fourth-order valence-corrected chi connectivity index (χ4v) is 2.66. The molecule has 0 saturated carbocycles. The fraction of sp³-hybridized carbons (Fsp3) is 0.375. The number of benzene rings is 1. The summed E-state index contributed by atoms with van der Waals surface area (Å²) in [6.07, 6.45) is 0. The first-order valence-corrected chi connectivity index (χ1v) is 8.30. The van der Waals surface area contributed by atoms with E-state index < -0.39 is 0 Å². The van der Waals surface area contributed by atoms with Crippen LogP contribution in [0.5, 0.6) is 5.75 Å². The molecule has 5 nitrogen and oxygen atoms in total. The van der Waals surface area contributed by atoms with Gasteiger partial charge in [-0.05, 0) is 24.8 Å². The lowest BCUT2D eigenvalue weighted by molar-refractivity contribution is 0.0956. The number of aryl methyl sites for hydroxylation is 1. The molecular weight excluding hydrogens is 300 g/mol. The Hall–Kier alpha value is -1.95. The summed E-state index contributed by atoms with van der Waals surface area (Å²) in [5, 5.41) is 6.85. The Balaban J connectivity index is 2.26. The van der Waals surface area contributed by atoms with Crippen molar-refractivity contribution in [3.05, 3.63) is 35.5 Å². The number of ether oxygens (including phenoxy) is 1. The monoisotopic (exact) mass is 320 g/mol. The van der Waals surface area contributed by atoms with E-state index >= 15 is 0 Å². The van der Waals surface area contributed by atoms with E-state index in [-0.39, 0.29) is 5.91 Å². The lowest BCUT2D eigenvalue weighted by atomic mass is 10.1. The average molecular weight is 320 g/mol. The lowest BCUT2D eigenvalue weighted by Gasteiger charge is -2.08. The maximum Gasteiger partial charge on any atom is 0.257 e. The first kappa shape index (κ1) is 16.4. The first-order valence-electron chi connectivity index (χ1n) is 7.14. The molecule has 0 unspecified atom stereocenters. The Morgan fingerprint density at radius 1 is 1.41 bits per heavy atom. The predicted molar refractivity (Wildman–Crippen MR) is 88.6 cm³/mol. The van der Waals surface area contributed by atoms with Crippen LogP contribution in [0.4, 0.5) is 0 Å². The van der Waals surface area contributed by atoms with E-state index in [1.54, 1.807) is 25.8 Å². The van der Waals surface area contributed by atoms with Gasteiger partial charge in [0.15, 0.2) is 5.76 Å². The molecule has 1 aromatic carbocycles. The Morgan fingerprint density at radius 3 is 2.91 bits per heavy atom. The van der Waals surface area contributed by atoms with E-state index in [9.17, 15) is 4.79 Å². The second-order valence-electron chi connectivity index (χ2n) is 4.63. The molecule has 0 atom stereocenters. The normalized spacial score (nSPS) is 10.5. The number of thioether (sulfide) groups is 1. The number of para-hydroxylation sites is 1. The number of hydrogen-bond donors (Lipinski definition) is 1. The minimum atomic E-state index is -0.170. The van der Waals surface area contributed by atoms with Crippen LogP contribution >= 0.6 is 11.8 Å². The highest BCUT2D eigenvalue weighted by molar-refractivity contribution is 7.99. The summed E-state index contributed by atoms with van der Waals surface area (Å²) in [6.45, 7) is 4.47. The lowest BCUT2D eigenvalue weighted by Crippen LogP contribution is -2.26. The summed E-state index contributed by atoms with van der Waals surface area (Å²) in [5.41, 5.74) is 1.76. The van der Waals surface area contributed by atoms with E-state index in [0.29, 0.717) is 29.3 Å². The van der Waals surface area contributed by atoms with Gasteiger partial charge in [0.1, 0.15) is 11.3 Å². The van der Waals surface area contributed by atoms with Gasteiger partial charge in [-0.1, -0.05) is 24.2 Å². The topological polar surface area (TPSA) is 64.4 Å². The van der Waals surface area contributed by atoms with E-state index in [1.165, 1.54) is 0 Å². The molecule has 0 aliphatic carbocycles. The summed E-state index contributed by atoms with van der Waals surface area (Å²) in [6, 6.07) is 7.41. The van der Waals surface area contributed by atoms with Crippen molar-refractivity contribution in [1.29, 1.82) is 0 Å². The summed E-state index contributed by atoms with van der Waals surface area (Å²) in [7, 11) is 1.59. The number of methoxy groups -OCH3 is 1. The van der Waals surface area contributed by atoms with Crippen molar-refractivity contribution in [3.8, 4) is 17.1 Å². The van der Waals surface area contributed by atoms with Gasteiger partial charge in [0.05, 0.1) is 18.4 Å². The molecule has 22 heavy (non-hydrogen) atoms. The van der Waals surface area contributed by atoms with Crippen LogP contribution in [-0.4, -0.2) is 36.2 Å². The minimum absolute atomic E-state index is 0.170. The van der Waals surface area contributed by atoms with Crippen LogP contribution in [0.2, 0.25) is 0 Å². The molecule has 118 valence electrons. The summed E-state index contributed by atoms with van der Waals surface area (Å²) in [4.78, 5) is 12.4. The van der Waals surface area contributed by atoms with Gasteiger partial charge in [0, 0.05) is 12.3 Å². The van der Waals surface area contributed by atoms with Gasteiger partial charge >= 0.3 is 0 Å². The molecule has 2 rings (SSSR count). The van der Waals surface area contributed by atoms with Gasteiger partial charge in [-0.2, -0.15) is 11.8 Å². The van der Waals surface area contributed by atoms with Crippen LogP contribution in [0.3, 0.4) is 0 Å². The Kier molecular flexibility index (Phi) is 5.89. The van der Waals surface area contributed by atoms with E-state index in [4.69, 9.17) is 9.26 Å². The zero-order valence-corrected chi connectivity index (χ0v) is 13.8.